The van der Waals surface area contributed by atoms with Gasteiger partial charge >= 0.3 is 0 Å². The number of Topliss-reactive ketones (excluding diaryl/α,β-unsaturated/α-hetero) is 1. The van der Waals surface area contributed by atoms with E-state index in [0.29, 0.717) is 40.2 Å². The highest BCUT2D eigenvalue weighted by atomic mass is 35.5. The van der Waals surface area contributed by atoms with Crippen LogP contribution in [0.25, 0.3) is 6.08 Å². The molecule has 0 N–H and O–H groups in total. The third-order valence-corrected chi connectivity index (χ3v) is 5.24. The lowest BCUT2D eigenvalue weighted by atomic mass is 10.0. The summed E-state index contributed by atoms with van der Waals surface area (Å²) in [6, 6.07) is 16.4. The summed E-state index contributed by atoms with van der Waals surface area (Å²) >= 11 is 5.92. The second-order valence-electron chi connectivity index (χ2n) is 7.08. The van der Waals surface area contributed by atoms with Crippen LogP contribution in [0, 0.1) is 6.92 Å². The fourth-order valence-electron chi connectivity index (χ4n) is 3.39. The van der Waals surface area contributed by atoms with E-state index in [9.17, 15) is 4.79 Å². The van der Waals surface area contributed by atoms with E-state index in [1.807, 2.05) is 43.3 Å². The van der Waals surface area contributed by atoms with Crippen LogP contribution in [0.15, 0.2) is 60.4 Å². The Kier molecular flexibility index (Phi) is 5.87. The van der Waals surface area contributed by atoms with Crippen molar-refractivity contribution in [1.82, 2.24) is 0 Å². The van der Waals surface area contributed by atoms with Crippen LogP contribution < -0.4 is 18.9 Å². The molecule has 1 aliphatic rings. The molecule has 0 saturated heterocycles. The van der Waals surface area contributed by atoms with Gasteiger partial charge in [0.15, 0.2) is 5.76 Å². The number of aryl methyl sites for hydroxylation is 1. The molecule has 0 fully saturated rings. The molecule has 31 heavy (non-hydrogen) atoms. The van der Waals surface area contributed by atoms with E-state index in [1.165, 1.54) is 0 Å². The van der Waals surface area contributed by atoms with Crippen molar-refractivity contribution in [2.75, 3.05) is 14.2 Å². The standard InChI is InChI=1S/C25H21ClO5/c1-15-10-20(30-14-16-4-7-18(26)8-5-16)13-22-24(15)25(27)23(31-22)11-17-6-9-19(28-2)12-21(17)29-3/h4-13H,14H2,1-3H3/b23-11-. The van der Waals surface area contributed by atoms with Gasteiger partial charge in [-0.1, -0.05) is 23.7 Å². The molecule has 3 aromatic rings. The van der Waals surface area contributed by atoms with Crippen molar-refractivity contribution in [3.63, 3.8) is 0 Å². The van der Waals surface area contributed by atoms with Crippen molar-refractivity contribution in [3.05, 3.63) is 87.6 Å². The zero-order valence-electron chi connectivity index (χ0n) is 17.4. The molecule has 5 nitrogen and oxygen atoms in total. The van der Waals surface area contributed by atoms with Gasteiger partial charge in [0.1, 0.15) is 29.6 Å². The molecule has 0 unspecified atom stereocenters. The highest BCUT2D eigenvalue weighted by Crippen LogP contribution is 2.38. The van der Waals surface area contributed by atoms with E-state index in [1.54, 1.807) is 38.5 Å². The van der Waals surface area contributed by atoms with Gasteiger partial charge in [-0.2, -0.15) is 0 Å². The van der Waals surface area contributed by atoms with Gasteiger partial charge in [0.2, 0.25) is 5.78 Å². The lowest BCUT2D eigenvalue weighted by Gasteiger charge is -2.09. The Hall–Kier alpha value is -3.44. The van der Waals surface area contributed by atoms with Gasteiger partial charge in [0.05, 0.1) is 19.8 Å². The maximum atomic E-state index is 13.0. The summed E-state index contributed by atoms with van der Waals surface area (Å²) in [6.45, 7) is 2.25. The third kappa shape index (κ3) is 4.37. The molecule has 3 aromatic carbocycles. The summed E-state index contributed by atoms with van der Waals surface area (Å²) in [5, 5.41) is 0.678. The number of carbonyl (C=O) groups excluding carboxylic acids is 1. The number of methoxy groups -OCH3 is 2. The predicted molar refractivity (Wildman–Crippen MR) is 119 cm³/mol. The van der Waals surface area contributed by atoms with E-state index < -0.39 is 0 Å². The SMILES string of the molecule is COc1ccc(/C=C2\Oc3cc(OCc4ccc(Cl)cc4)cc(C)c3C2=O)c(OC)c1. The monoisotopic (exact) mass is 436 g/mol. The van der Waals surface area contributed by atoms with E-state index in [4.69, 9.17) is 30.5 Å². The van der Waals surface area contributed by atoms with Crippen LogP contribution in [0.5, 0.6) is 23.0 Å². The van der Waals surface area contributed by atoms with Gasteiger partial charge in [-0.3, -0.25) is 4.79 Å². The van der Waals surface area contributed by atoms with Crippen LogP contribution in [-0.2, 0) is 6.61 Å². The van der Waals surface area contributed by atoms with E-state index >= 15 is 0 Å². The van der Waals surface area contributed by atoms with E-state index in [-0.39, 0.29) is 11.5 Å². The first-order valence-corrected chi connectivity index (χ1v) is 10.0. The van der Waals surface area contributed by atoms with Crippen LogP contribution in [0.1, 0.15) is 27.0 Å². The Balaban J connectivity index is 1.58. The first-order valence-electron chi connectivity index (χ1n) is 9.66. The van der Waals surface area contributed by atoms with Crippen LogP contribution in [0.4, 0.5) is 0 Å². The molecule has 0 amide bonds. The summed E-state index contributed by atoms with van der Waals surface area (Å²) in [7, 11) is 3.15. The molecule has 0 spiro atoms. The number of halogens is 1. The summed E-state index contributed by atoms with van der Waals surface area (Å²) in [5.41, 5.74) is 3.04. The normalized spacial score (nSPS) is 13.7. The van der Waals surface area contributed by atoms with Crippen LogP contribution in [0.3, 0.4) is 0 Å². The first kappa shape index (κ1) is 20.8. The molecule has 0 saturated carbocycles. The zero-order chi connectivity index (χ0) is 22.0. The van der Waals surface area contributed by atoms with Crippen LogP contribution in [-0.4, -0.2) is 20.0 Å². The number of benzene rings is 3. The number of allylic oxidation sites excluding steroid dienone is 1. The molecule has 4 rings (SSSR count). The quantitative estimate of drug-likeness (QED) is 0.453. The number of ether oxygens (including phenoxy) is 4. The predicted octanol–water partition coefficient (Wildman–Crippen LogP) is 5.86. The zero-order valence-corrected chi connectivity index (χ0v) is 18.2. The average Bonchev–Trinajstić information content (AvgIpc) is 3.09. The average molecular weight is 437 g/mol. The fraction of sp³-hybridized carbons (Fsp3) is 0.160. The van der Waals surface area contributed by atoms with Gasteiger partial charge in [-0.05, 0) is 54.5 Å². The molecular formula is C25H21ClO5. The smallest absolute Gasteiger partial charge is 0.232 e. The second kappa shape index (κ2) is 8.74. The Bertz CT molecular complexity index is 1170. The number of rotatable bonds is 6. The summed E-state index contributed by atoms with van der Waals surface area (Å²) in [4.78, 5) is 13.0. The molecule has 0 aliphatic carbocycles. The highest BCUT2D eigenvalue weighted by Gasteiger charge is 2.30. The van der Waals surface area contributed by atoms with Crippen molar-refractivity contribution in [2.45, 2.75) is 13.5 Å². The van der Waals surface area contributed by atoms with Gasteiger partial charge < -0.3 is 18.9 Å². The topological polar surface area (TPSA) is 54.0 Å². The molecule has 158 valence electrons. The minimum Gasteiger partial charge on any atom is -0.497 e. The van der Waals surface area contributed by atoms with Gasteiger partial charge in [-0.25, -0.2) is 0 Å². The largest absolute Gasteiger partial charge is 0.497 e. The molecular weight excluding hydrogens is 416 g/mol. The van der Waals surface area contributed by atoms with Crippen molar-refractivity contribution >= 4 is 23.5 Å². The van der Waals surface area contributed by atoms with Crippen molar-refractivity contribution in [2.24, 2.45) is 0 Å². The molecule has 0 atom stereocenters. The number of ketones is 1. The Labute approximate surface area is 185 Å². The van der Waals surface area contributed by atoms with E-state index in [2.05, 4.69) is 0 Å². The Morgan fingerprint density at radius 1 is 0.968 bits per heavy atom. The van der Waals surface area contributed by atoms with Crippen molar-refractivity contribution in [1.29, 1.82) is 0 Å². The minimum absolute atomic E-state index is 0.172. The lowest BCUT2D eigenvalue weighted by molar-refractivity contribution is 0.101. The first-order chi connectivity index (χ1) is 15.0. The lowest BCUT2D eigenvalue weighted by Crippen LogP contribution is -2.00. The number of fused-ring (bicyclic) bond motifs is 1. The van der Waals surface area contributed by atoms with Gasteiger partial charge in [0.25, 0.3) is 0 Å². The molecule has 1 heterocycles. The highest BCUT2D eigenvalue weighted by molar-refractivity contribution is 6.30. The van der Waals surface area contributed by atoms with Crippen LogP contribution >= 0.6 is 11.6 Å². The molecule has 0 aromatic heterocycles. The van der Waals surface area contributed by atoms with Crippen molar-refractivity contribution in [3.8, 4) is 23.0 Å². The van der Waals surface area contributed by atoms with Gasteiger partial charge in [0, 0.05) is 22.7 Å². The Morgan fingerprint density at radius 2 is 1.74 bits per heavy atom. The van der Waals surface area contributed by atoms with Crippen molar-refractivity contribution < 1.29 is 23.7 Å². The molecule has 0 bridgehead atoms. The minimum atomic E-state index is -0.172. The molecule has 0 radical (unpaired) electrons. The van der Waals surface area contributed by atoms with E-state index in [0.717, 1.165) is 16.7 Å². The summed E-state index contributed by atoms with van der Waals surface area (Å²) < 4.78 is 22.4. The number of carbonyl (C=O) groups is 1. The summed E-state index contributed by atoms with van der Waals surface area (Å²) in [6.07, 6.45) is 1.67. The Morgan fingerprint density at radius 3 is 2.45 bits per heavy atom. The molecule has 6 heteroatoms. The maximum absolute atomic E-state index is 13.0. The molecule has 1 aliphatic heterocycles. The summed E-state index contributed by atoms with van der Waals surface area (Å²) in [5.74, 6) is 2.42. The third-order valence-electron chi connectivity index (χ3n) is 4.99. The fourth-order valence-corrected chi connectivity index (χ4v) is 3.51. The second-order valence-corrected chi connectivity index (χ2v) is 7.51. The number of hydrogen-bond donors (Lipinski definition) is 0. The van der Waals surface area contributed by atoms with Crippen LogP contribution in [0.2, 0.25) is 5.02 Å². The number of hydrogen-bond acceptors (Lipinski definition) is 5. The maximum Gasteiger partial charge on any atom is 0.232 e. The van der Waals surface area contributed by atoms with Gasteiger partial charge in [-0.15, -0.1) is 0 Å².